The van der Waals surface area contributed by atoms with Crippen LogP contribution in [-0.2, 0) is 17.8 Å². The van der Waals surface area contributed by atoms with Gasteiger partial charge in [0.05, 0.1) is 0 Å². The van der Waals surface area contributed by atoms with E-state index in [0.717, 1.165) is 29.3 Å². The molecule has 2 heterocycles. The molecule has 0 spiro atoms. The highest BCUT2D eigenvalue weighted by molar-refractivity contribution is 6.08. The Kier molecular flexibility index (Phi) is 5.71. The fourth-order valence-electron chi connectivity index (χ4n) is 4.09. The van der Waals surface area contributed by atoms with Crippen molar-refractivity contribution in [1.82, 2.24) is 15.2 Å². The minimum atomic E-state index is -4.94. The summed E-state index contributed by atoms with van der Waals surface area (Å²) >= 11 is 0. The zero-order valence-electron chi connectivity index (χ0n) is 16.7. The number of aryl methyl sites for hydroxylation is 2. The van der Waals surface area contributed by atoms with Crippen molar-refractivity contribution >= 4 is 22.7 Å². The van der Waals surface area contributed by atoms with Crippen molar-refractivity contribution in [3.63, 3.8) is 0 Å². The minimum Gasteiger partial charge on any atom is -0.351 e. The summed E-state index contributed by atoms with van der Waals surface area (Å²) in [6.45, 7) is 0.642. The van der Waals surface area contributed by atoms with Gasteiger partial charge >= 0.3 is 12.1 Å². The summed E-state index contributed by atoms with van der Waals surface area (Å²) in [7, 11) is 0. The van der Waals surface area contributed by atoms with E-state index in [0.29, 0.717) is 12.1 Å². The van der Waals surface area contributed by atoms with Crippen molar-refractivity contribution in [1.29, 1.82) is 0 Å². The molecule has 1 aromatic heterocycles. The molecular weight excluding hydrogens is 407 g/mol. The van der Waals surface area contributed by atoms with Crippen molar-refractivity contribution in [2.24, 2.45) is 0 Å². The molecule has 2 N–H and O–H groups in total. The van der Waals surface area contributed by atoms with Crippen molar-refractivity contribution in [3.05, 3.63) is 71.4 Å². The number of carbonyl (C=O) groups excluding carboxylic acids is 2. The molecule has 2 aromatic carbocycles. The maximum absolute atomic E-state index is 12.6. The summed E-state index contributed by atoms with van der Waals surface area (Å²) in [6, 6.07) is 15.5. The molecule has 0 bridgehead atoms. The Balaban J connectivity index is 1.60. The zero-order chi connectivity index (χ0) is 22.0. The molecule has 0 radical (unpaired) electrons. The fourth-order valence-corrected chi connectivity index (χ4v) is 4.09. The van der Waals surface area contributed by atoms with Crippen LogP contribution in [0.25, 0.3) is 10.9 Å². The van der Waals surface area contributed by atoms with Gasteiger partial charge in [-0.1, -0.05) is 36.4 Å². The van der Waals surface area contributed by atoms with Gasteiger partial charge in [0, 0.05) is 48.2 Å². The monoisotopic (exact) mass is 429 g/mol. The van der Waals surface area contributed by atoms with Gasteiger partial charge in [0.25, 0.3) is 5.91 Å². The lowest BCUT2D eigenvalue weighted by Crippen LogP contribution is -2.40. The van der Waals surface area contributed by atoms with E-state index in [1.165, 1.54) is 5.56 Å². The average Bonchev–Trinajstić information content (AvgIpc) is 3.05. The molecule has 31 heavy (non-hydrogen) atoms. The molecule has 1 aliphatic rings. The number of benzene rings is 2. The van der Waals surface area contributed by atoms with E-state index in [9.17, 15) is 22.8 Å². The molecule has 1 aliphatic heterocycles. The van der Waals surface area contributed by atoms with Gasteiger partial charge in [-0.15, -0.1) is 0 Å². The van der Waals surface area contributed by atoms with Gasteiger partial charge in [0.15, 0.2) is 0 Å². The van der Waals surface area contributed by atoms with E-state index in [4.69, 9.17) is 0 Å². The van der Waals surface area contributed by atoms with Crippen molar-refractivity contribution < 1.29 is 22.8 Å². The second-order valence-corrected chi connectivity index (χ2v) is 7.68. The first-order chi connectivity index (χ1) is 14.8. The number of nitrogens with zero attached hydrogens (tertiary/aromatic N) is 1. The Bertz CT molecular complexity index is 1110. The third kappa shape index (κ3) is 4.42. The molecule has 1 atom stereocenters. The fraction of sp³-hybridized carbons (Fsp3) is 0.304. The van der Waals surface area contributed by atoms with Gasteiger partial charge in [0.2, 0.25) is 0 Å². The number of rotatable bonds is 6. The van der Waals surface area contributed by atoms with E-state index in [2.05, 4.69) is 17.4 Å². The van der Waals surface area contributed by atoms with E-state index >= 15 is 0 Å². The topological polar surface area (TPSA) is 63.1 Å². The van der Waals surface area contributed by atoms with Crippen LogP contribution in [0.1, 0.15) is 33.8 Å². The highest BCUT2D eigenvalue weighted by atomic mass is 19.4. The molecule has 0 aliphatic carbocycles. The molecule has 162 valence electrons. The zero-order valence-corrected chi connectivity index (χ0v) is 16.7. The van der Waals surface area contributed by atoms with Crippen LogP contribution in [0.4, 0.5) is 13.2 Å². The maximum Gasteiger partial charge on any atom is 0.471 e. The van der Waals surface area contributed by atoms with Crippen LogP contribution in [0.5, 0.6) is 0 Å². The van der Waals surface area contributed by atoms with Gasteiger partial charge in [0.1, 0.15) is 0 Å². The molecule has 0 saturated carbocycles. The molecule has 4 rings (SSSR count). The van der Waals surface area contributed by atoms with E-state index < -0.39 is 18.0 Å². The normalized spacial score (nSPS) is 16.1. The van der Waals surface area contributed by atoms with E-state index in [-0.39, 0.29) is 19.0 Å². The summed E-state index contributed by atoms with van der Waals surface area (Å²) in [5, 5.41) is 5.45. The number of nitrogens with one attached hydrogen (secondary N) is 2. The molecule has 3 aromatic rings. The van der Waals surface area contributed by atoms with Crippen LogP contribution in [0.2, 0.25) is 0 Å². The number of aromatic nitrogens is 1. The molecule has 5 nitrogen and oxygen atoms in total. The Hall–Kier alpha value is -3.29. The highest BCUT2D eigenvalue weighted by Gasteiger charge is 2.39. The first-order valence-electron chi connectivity index (χ1n) is 10.1. The van der Waals surface area contributed by atoms with Gasteiger partial charge in [-0.3, -0.25) is 9.59 Å². The molecular formula is C23H22F3N3O2. The lowest BCUT2D eigenvalue weighted by Gasteiger charge is -2.16. The third-order valence-corrected chi connectivity index (χ3v) is 5.60. The van der Waals surface area contributed by atoms with Gasteiger partial charge in [-0.05, 0) is 36.1 Å². The standard InChI is InChI=1S/C23H22F3N3O2/c24-23(25,26)22(31)28-13-16-12-27-21(30)17-9-4-10-19-20(17)18(16)14-29(19)11-5-8-15-6-2-1-3-7-15/h1-4,6-7,9-10,14,16H,5,8,11-13H2,(H,27,30)(H,28,31). The first kappa shape index (κ1) is 21.0. The Morgan fingerprint density at radius 2 is 1.90 bits per heavy atom. The predicted octanol–water partition coefficient (Wildman–Crippen LogP) is 3.78. The predicted molar refractivity (Wildman–Crippen MR) is 111 cm³/mol. The molecule has 1 unspecified atom stereocenters. The van der Waals surface area contributed by atoms with Gasteiger partial charge < -0.3 is 15.2 Å². The summed E-state index contributed by atoms with van der Waals surface area (Å²) in [5.41, 5.74) is 3.36. The van der Waals surface area contributed by atoms with Crippen molar-refractivity contribution in [2.45, 2.75) is 31.5 Å². The minimum absolute atomic E-state index is 0.148. The SMILES string of the molecule is O=C1NCC(CNC(=O)C(F)(F)F)c2cn(CCCc3ccccc3)c3cccc1c23. The maximum atomic E-state index is 12.6. The third-order valence-electron chi connectivity index (χ3n) is 5.60. The van der Waals surface area contributed by atoms with E-state index in [1.54, 1.807) is 12.1 Å². The van der Waals surface area contributed by atoms with Gasteiger partial charge in [-0.2, -0.15) is 13.2 Å². The number of hydrogen-bond donors (Lipinski definition) is 2. The smallest absolute Gasteiger partial charge is 0.351 e. The Morgan fingerprint density at radius 3 is 2.65 bits per heavy atom. The Labute approximate surface area is 177 Å². The van der Waals surface area contributed by atoms with E-state index in [1.807, 2.05) is 40.3 Å². The lowest BCUT2D eigenvalue weighted by molar-refractivity contribution is -0.173. The largest absolute Gasteiger partial charge is 0.471 e. The molecule has 2 amide bonds. The second kappa shape index (κ2) is 8.45. The van der Waals surface area contributed by atoms with Crippen molar-refractivity contribution in [2.75, 3.05) is 13.1 Å². The number of halogens is 3. The molecule has 0 fully saturated rings. The summed E-state index contributed by atoms with van der Waals surface area (Å²) in [4.78, 5) is 23.9. The van der Waals surface area contributed by atoms with Gasteiger partial charge in [-0.25, -0.2) is 0 Å². The van der Waals surface area contributed by atoms with Crippen LogP contribution in [0, 0.1) is 0 Å². The van der Waals surface area contributed by atoms with Crippen molar-refractivity contribution in [3.8, 4) is 0 Å². The van der Waals surface area contributed by atoms with Crippen LogP contribution in [0.3, 0.4) is 0 Å². The van der Waals surface area contributed by atoms with Crippen LogP contribution >= 0.6 is 0 Å². The molecule has 8 heteroatoms. The summed E-state index contributed by atoms with van der Waals surface area (Å²) in [5.74, 6) is -2.70. The number of hydrogen-bond acceptors (Lipinski definition) is 2. The summed E-state index contributed by atoms with van der Waals surface area (Å²) in [6.07, 6.45) is -1.27. The lowest BCUT2D eigenvalue weighted by atomic mass is 9.97. The van der Waals surface area contributed by atoms with Crippen LogP contribution in [-0.4, -0.2) is 35.6 Å². The molecule has 0 saturated heterocycles. The number of carbonyl (C=O) groups is 2. The highest BCUT2D eigenvalue weighted by Crippen LogP contribution is 2.33. The number of amides is 2. The summed E-state index contributed by atoms with van der Waals surface area (Å²) < 4.78 is 39.9. The number of alkyl halides is 3. The van der Waals surface area contributed by atoms with Crippen LogP contribution in [0.15, 0.2) is 54.7 Å². The van der Waals surface area contributed by atoms with Crippen LogP contribution < -0.4 is 10.6 Å². The first-order valence-corrected chi connectivity index (χ1v) is 10.1. The second-order valence-electron chi connectivity index (χ2n) is 7.68. The Morgan fingerprint density at radius 1 is 1.13 bits per heavy atom. The quantitative estimate of drug-likeness (QED) is 0.627. The average molecular weight is 429 g/mol.